The molecule has 0 fully saturated rings. The molecule has 0 unspecified atom stereocenters. The number of H-pyrrole nitrogens is 1. The molecule has 88 valence electrons. The van der Waals surface area contributed by atoms with Gasteiger partial charge in [-0.05, 0) is 0 Å². The predicted octanol–water partition coefficient (Wildman–Crippen LogP) is 0.398. The highest BCUT2D eigenvalue weighted by atomic mass is 19.3. The van der Waals surface area contributed by atoms with Crippen LogP contribution in [-0.2, 0) is 17.8 Å². The summed E-state index contributed by atoms with van der Waals surface area (Å²) in [6.45, 7) is -0.110. The van der Waals surface area contributed by atoms with Crippen LogP contribution in [0.1, 0.15) is 23.2 Å². The Labute approximate surface area is 88.9 Å². The maximum absolute atomic E-state index is 12.4. The number of hydrogen-bond donors (Lipinski definition) is 3. The fourth-order valence-corrected chi connectivity index (χ4v) is 1.31. The van der Waals surface area contributed by atoms with Crippen molar-refractivity contribution in [2.75, 3.05) is 0 Å². The van der Waals surface area contributed by atoms with Crippen LogP contribution in [-0.4, -0.2) is 16.1 Å². The molecule has 0 saturated heterocycles. The van der Waals surface area contributed by atoms with Crippen molar-refractivity contribution >= 4 is 5.97 Å². The van der Waals surface area contributed by atoms with Gasteiger partial charge >= 0.3 is 5.97 Å². The highest BCUT2D eigenvalue weighted by Crippen LogP contribution is 2.15. The first-order valence-corrected chi connectivity index (χ1v) is 4.40. The molecule has 1 aromatic heterocycles. The van der Waals surface area contributed by atoms with E-state index in [9.17, 15) is 18.4 Å². The molecule has 0 aromatic carbocycles. The Kier molecular flexibility index (Phi) is 3.73. The number of halogens is 2. The summed E-state index contributed by atoms with van der Waals surface area (Å²) in [5.74, 6) is -1.27. The maximum atomic E-state index is 12.4. The zero-order valence-corrected chi connectivity index (χ0v) is 8.17. The molecule has 1 rings (SSSR count). The number of rotatable bonds is 4. The molecule has 1 aromatic rings. The lowest BCUT2D eigenvalue weighted by Gasteiger charge is -2.07. The normalized spacial score (nSPS) is 10.8. The van der Waals surface area contributed by atoms with Crippen molar-refractivity contribution in [2.45, 2.75) is 19.4 Å². The Morgan fingerprint density at radius 3 is 2.62 bits per heavy atom. The lowest BCUT2D eigenvalue weighted by Crippen LogP contribution is -2.23. The van der Waals surface area contributed by atoms with E-state index in [1.54, 1.807) is 0 Å². The second kappa shape index (κ2) is 4.84. The van der Waals surface area contributed by atoms with Crippen LogP contribution in [0.25, 0.3) is 0 Å². The van der Waals surface area contributed by atoms with E-state index in [1.165, 1.54) is 0 Å². The van der Waals surface area contributed by atoms with E-state index in [0.717, 1.165) is 6.20 Å². The van der Waals surface area contributed by atoms with E-state index < -0.39 is 29.8 Å². The molecular weight excluding hydrogens is 222 g/mol. The molecule has 0 aliphatic heterocycles. The van der Waals surface area contributed by atoms with Gasteiger partial charge in [0, 0.05) is 24.0 Å². The van der Waals surface area contributed by atoms with E-state index in [0.29, 0.717) is 0 Å². The van der Waals surface area contributed by atoms with Crippen molar-refractivity contribution in [1.29, 1.82) is 0 Å². The number of carbonyl (C=O) groups is 1. The first-order valence-electron chi connectivity index (χ1n) is 4.40. The molecule has 0 spiro atoms. The Hall–Kier alpha value is -1.76. The number of nitrogens with one attached hydrogen (secondary N) is 1. The van der Waals surface area contributed by atoms with Crippen LogP contribution in [0.4, 0.5) is 8.78 Å². The van der Waals surface area contributed by atoms with Crippen molar-refractivity contribution in [3.63, 3.8) is 0 Å². The minimum Gasteiger partial charge on any atom is -0.481 e. The summed E-state index contributed by atoms with van der Waals surface area (Å²) in [5.41, 5.74) is 3.52. The zero-order valence-electron chi connectivity index (χ0n) is 8.17. The van der Waals surface area contributed by atoms with Crippen molar-refractivity contribution in [3.05, 3.63) is 33.2 Å². The van der Waals surface area contributed by atoms with Gasteiger partial charge in [0.25, 0.3) is 6.43 Å². The minimum absolute atomic E-state index is 0.110. The van der Waals surface area contributed by atoms with Gasteiger partial charge in [0.15, 0.2) is 5.43 Å². The lowest BCUT2D eigenvalue weighted by atomic mass is 10.1. The number of carboxylic acids is 1. The van der Waals surface area contributed by atoms with Gasteiger partial charge in [0.2, 0.25) is 0 Å². The molecule has 5 nitrogen and oxygen atoms in total. The van der Waals surface area contributed by atoms with Crippen LogP contribution in [0.3, 0.4) is 0 Å². The number of aliphatic carboxylic acids is 1. The van der Waals surface area contributed by atoms with Gasteiger partial charge in [-0.25, -0.2) is 8.78 Å². The monoisotopic (exact) mass is 232 g/mol. The van der Waals surface area contributed by atoms with Crippen LogP contribution in [0.15, 0.2) is 11.0 Å². The van der Waals surface area contributed by atoms with E-state index in [-0.39, 0.29) is 17.8 Å². The smallest absolute Gasteiger partial charge is 0.308 e. The summed E-state index contributed by atoms with van der Waals surface area (Å²) in [4.78, 5) is 24.4. The average molecular weight is 232 g/mol. The number of pyridine rings is 1. The number of carboxylic acid groups (broad SMARTS) is 1. The van der Waals surface area contributed by atoms with Crippen molar-refractivity contribution in [3.8, 4) is 0 Å². The van der Waals surface area contributed by atoms with Crippen molar-refractivity contribution in [1.82, 2.24) is 4.98 Å². The Balaban J connectivity index is 3.34. The van der Waals surface area contributed by atoms with Gasteiger partial charge in [-0.2, -0.15) is 0 Å². The van der Waals surface area contributed by atoms with Gasteiger partial charge in [-0.3, -0.25) is 9.59 Å². The molecule has 4 N–H and O–H groups in total. The minimum atomic E-state index is -2.94. The molecule has 16 heavy (non-hydrogen) atoms. The van der Waals surface area contributed by atoms with Crippen LogP contribution >= 0.6 is 0 Å². The summed E-state index contributed by atoms with van der Waals surface area (Å²) < 4.78 is 24.8. The predicted molar refractivity (Wildman–Crippen MR) is 51.3 cm³/mol. The third kappa shape index (κ3) is 2.43. The van der Waals surface area contributed by atoms with Gasteiger partial charge in [0.05, 0.1) is 12.0 Å². The molecule has 0 saturated carbocycles. The Bertz CT molecular complexity index is 457. The molecular formula is C9H10F2N2O3. The average Bonchev–Trinajstić information content (AvgIpc) is 2.19. The molecule has 0 amide bonds. The van der Waals surface area contributed by atoms with Crippen molar-refractivity contribution in [2.24, 2.45) is 5.73 Å². The van der Waals surface area contributed by atoms with Crippen molar-refractivity contribution < 1.29 is 18.7 Å². The number of aromatic amines is 1. The maximum Gasteiger partial charge on any atom is 0.308 e. The zero-order chi connectivity index (χ0) is 12.3. The van der Waals surface area contributed by atoms with Crippen LogP contribution < -0.4 is 11.2 Å². The summed E-state index contributed by atoms with van der Waals surface area (Å²) in [6.07, 6.45) is -2.70. The van der Waals surface area contributed by atoms with Crippen LogP contribution in [0.2, 0.25) is 0 Å². The quantitative estimate of drug-likeness (QED) is 0.700. The fraction of sp³-hybridized carbons (Fsp3) is 0.333. The van der Waals surface area contributed by atoms with E-state index in [1.807, 2.05) is 0 Å². The Morgan fingerprint density at radius 1 is 1.56 bits per heavy atom. The molecule has 0 aliphatic rings. The highest BCUT2D eigenvalue weighted by molar-refractivity contribution is 5.70. The van der Waals surface area contributed by atoms with E-state index in [2.05, 4.69) is 4.98 Å². The molecule has 0 radical (unpaired) electrons. The van der Waals surface area contributed by atoms with Gasteiger partial charge < -0.3 is 15.8 Å². The van der Waals surface area contributed by atoms with Gasteiger partial charge in [-0.15, -0.1) is 0 Å². The first kappa shape index (κ1) is 12.3. The van der Waals surface area contributed by atoms with Gasteiger partial charge in [0.1, 0.15) is 0 Å². The Morgan fingerprint density at radius 2 is 2.19 bits per heavy atom. The molecule has 0 bridgehead atoms. The second-order valence-corrected chi connectivity index (χ2v) is 3.11. The third-order valence-corrected chi connectivity index (χ3v) is 2.07. The number of nitrogens with two attached hydrogens (primary N) is 1. The summed E-state index contributed by atoms with van der Waals surface area (Å²) in [6, 6.07) is 0. The topological polar surface area (TPSA) is 96.2 Å². The van der Waals surface area contributed by atoms with E-state index in [4.69, 9.17) is 10.8 Å². The second-order valence-electron chi connectivity index (χ2n) is 3.11. The standard InChI is InChI=1S/C9H10F2N2O3/c10-9(11)5-3-13-6(2-12)4(8(5)16)1-7(14)15/h3,9H,1-2,12H2,(H,13,16)(H,14,15). The van der Waals surface area contributed by atoms with E-state index >= 15 is 0 Å². The molecule has 7 heteroatoms. The fourth-order valence-electron chi connectivity index (χ4n) is 1.31. The van der Waals surface area contributed by atoms with Gasteiger partial charge in [-0.1, -0.05) is 0 Å². The SMILES string of the molecule is NCc1[nH]cc(C(F)F)c(=O)c1CC(=O)O. The van der Waals surface area contributed by atoms with Crippen LogP contribution in [0.5, 0.6) is 0 Å². The van der Waals surface area contributed by atoms with Crippen LogP contribution in [0, 0.1) is 0 Å². The first-order chi connectivity index (χ1) is 7.47. The number of hydrogen-bond acceptors (Lipinski definition) is 3. The number of aromatic nitrogens is 1. The molecule has 0 atom stereocenters. The summed E-state index contributed by atoms with van der Waals surface area (Å²) in [5, 5.41) is 8.56. The third-order valence-electron chi connectivity index (χ3n) is 2.07. The highest BCUT2D eigenvalue weighted by Gasteiger charge is 2.18. The molecule has 1 heterocycles. The summed E-state index contributed by atoms with van der Waals surface area (Å²) >= 11 is 0. The lowest BCUT2D eigenvalue weighted by molar-refractivity contribution is -0.136. The largest absolute Gasteiger partial charge is 0.481 e. The molecule has 0 aliphatic carbocycles. The summed E-state index contributed by atoms with van der Waals surface area (Å²) in [7, 11) is 0. The number of alkyl halides is 2.